The van der Waals surface area contributed by atoms with Gasteiger partial charge in [-0.2, -0.15) is 0 Å². The van der Waals surface area contributed by atoms with Crippen molar-refractivity contribution in [3.8, 4) is 12.3 Å². The fourth-order valence-electron chi connectivity index (χ4n) is 1.49. The smallest absolute Gasteiger partial charge is 0.192 e. The summed E-state index contributed by atoms with van der Waals surface area (Å²) < 4.78 is 0. The lowest BCUT2D eigenvalue weighted by molar-refractivity contribution is 0.549. The highest BCUT2D eigenvalue weighted by atomic mass is 32.1. The molecule has 18 heavy (non-hydrogen) atoms. The van der Waals surface area contributed by atoms with Crippen LogP contribution in [0.2, 0.25) is 0 Å². The van der Waals surface area contributed by atoms with Gasteiger partial charge < -0.3 is 10.6 Å². The van der Waals surface area contributed by atoms with Crippen LogP contribution in [-0.4, -0.2) is 25.6 Å². The van der Waals surface area contributed by atoms with Crippen LogP contribution < -0.4 is 10.6 Å². The van der Waals surface area contributed by atoms with Crippen molar-refractivity contribution in [2.24, 2.45) is 4.99 Å². The van der Waals surface area contributed by atoms with Gasteiger partial charge in [0, 0.05) is 16.8 Å². The molecule has 0 bridgehead atoms. The van der Waals surface area contributed by atoms with Crippen LogP contribution in [0.1, 0.15) is 25.6 Å². The van der Waals surface area contributed by atoms with Crippen LogP contribution >= 0.6 is 11.3 Å². The summed E-state index contributed by atoms with van der Waals surface area (Å²) in [6.45, 7) is 8.49. The Balaban J connectivity index is 2.66. The van der Waals surface area contributed by atoms with E-state index in [-0.39, 0.29) is 5.41 Å². The third-order valence-corrected chi connectivity index (χ3v) is 3.76. The van der Waals surface area contributed by atoms with Gasteiger partial charge in [-0.3, -0.25) is 4.99 Å². The molecule has 0 atom stereocenters. The molecule has 0 fully saturated rings. The number of guanidine groups is 1. The molecule has 98 valence electrons. The van der Waals surface area contributed by atoms with E-state index in [0.717, 1.165) is 19.0 Å². The highest BCUT2D eigenvalue weighted by Gasteiger charge is 2.21. The zero-order valence-electron chi connectivity index (χ0n) is 11.3. The molecule has 0 aliphatic carbocycles. The van der Waals surface area contributed by atoms with E-state index in [1.807, 2.05) is 6.92 Å². The minimum atomic E-state index is 0.0483. The minimum absolute atomic E-state index is 0.0483. The third kappa shape index (κ3) is 4.42. The normalized spacial score (nSPS) is 12.0. The average molecular weight is 263 g/mol. The molecule has 0 unspecified atom stereocenters. The maximum absolute atomic E-state index is 5.24. The largest absolute Gasteiger partial charge is 0.357 e. The molecule has 1 heterocycles. The third-order valence-electron chi connectivity index (χ3n) is 2.52. The predicted octanol–water partition coefficient (Wildman–Crippen LogP) is 2.21. The lowest BCUT2D eigenvalue weighted by Crippen LogP contribution is -2.38. The first-order chi connectivity index (χ1) is 8.60. The lowest BCUT2D eigenvalue weighted by Gasteiger charge is -2.21. The molecule has 0 radical (unpaired) electrons. The second-order valence-electron chi connectivity index (χ2n) is 4.61. The van der Waals surface area contributed by atoms with Gasteiger partial charge in [0.2, 0.25) is 0 Å². The van der Waals surface area contributed by atoms with Crippen molar-refractivity contribution >= 4 is 17.3 Å². The number of rotatable bonds is 5. The van der Waals surface area contributed by atoms with Crippen LogP contribution in [0.25, 0.3) is 0 Å². The Morgan fingerprint density at radius 2 is 2.28 bits per heavy atom. The Bertz CT molecular complexity index is 413. The molecule has 1 aromatic heterocycles. The second-order valence-corrected chi connectivity index (χ2v) is 5.56. The monoisotopic (exact) mass is 263 g/mol. The zero-order valence-corrected chi connectivity index (χ0v) is 12.1. The van der Waals surface area contributed by atoms with E-state index < -0.39 is 0 Å². The van der Waals surface area contributed by atoms with E-state index in [1.54, 1.807) is 11.3 Å². The number of nitrogens with zero attached hydrogens (tertiary/aromatic N) is 1. The van der Waals surface area contributed by atoms with Crippen LogP contribution in [-0.2, 0) is 5.41 Å². The van der Waals surface area contributed by atoms with Crippen LogP contribution in [0.5, 0.6) is 0 Å². The van der Waals surface area contributed by atoms with Gasteiger partial charge in [0.1, 0.15) is 0 Å². The van der Waals surface area contributed by atoms with Crippen molar-refractivity contribution in [1.82, 2.24) is 10.6 Å². The first-order valence-electron chi connectivity index (χ1n) is 6.09. The Hall–Kier alpha value is -1.47. The van der Waals surface area contributed by atoms with Gasteiger partial charge >= 0.3 is 0 Å². The molecular weight excluding hydrogens is 242 g/mol. The van der Waals surface area contributed by atoms with Crippen molar-refractivity contribution in [2.75, 3.05) is 19.6 Å². The maximum Gasteiger partial charge on any atom is 0.192 e. The van der Waals surface area contributed by atoms with Gasteiger partial charge in [0.25, 0.3) is 0 Å². The molecule has 2 N–H and O–H groups in total. The molecule has 0 aromatic carbocycles. The van der Waals surface area contributed by atoms with E-state index in [4.69, 9.17) is 6.42 Å². The molecule has 0 aliphatic rings. The maximum atomic E-state index is 5.24. The Labute approximate surface area is 114 Å². The molecule has 0 spiro atoms. The zero-order chi connectivity index (χ0) is 13.4. The summed E-state index contributed by atoms with van der Waals surface area (Å²) in [5.74, 6) is 3.33. The standard InChI is InChI=1S/C14H21N3S/c1-5-9-16-13(15-6-2)17-11-14(3,4)12-8-7-10-18-12/h1,7-8,10H,6,9,11H2,2-4H3,(H2,15,16,17). The van der Waals surface area contributed by atoms with Crippen molar-refractivity contribution in [2.45, 2.75) is 26.2 Å². The van der Waals surface area contributed by atoms with Crippen LogP contribution in [0.3, 0.4) is 0 Å². The number of nitrogens with one attached hydrogen (secondary N) is 2. The fourth-order valence-corrected chi connectivity index (χ4v) is 2.34. The Kier molecular flexibility index (Phi) is 5.73. The van der Waals surface area contributed by atoms with Crippen LogP contribution in [0, 0.1) is 12.3 Å². The average Bonchev–Trinajstić information content (AvgIpc) is 2.87. The van der Waals surface area contributed by atoms with Crippen molar-refractivity contribution in [3.63, 3.8) is 0 Å². The summed E-state index contributed by atoms with van der Waals surface area (Å²) in [5, 5.41) is 8.38. The fraction of sp³-hybridized carbons (Fsp3) is 0.500. The SMILES string of the molecule is C#CCNC(=NCC(C)(C)c1cccs1)NCC. The molecule has 1 aromatic rings. The van der Waals surface area contributed by atoms with E-state index >= 15 is 0 Å². The molecule has 0 amide bonds. The lowest BCUT2D eigenvalue weighted by atomic mass is 9.92. The topological polar surface area (TPSA) is 36.4 Å². The number of hydrogen-bond acceptors (Lipinski definition) is 2. The van der Waals surface area contributed by atoms with Gasteiger partial charge in [0.15, 0.2) is 5.96 Å². The quantitative estimate of drug-likeness (QED) is 0.485. The summed E-state index contributed by atoms with van der Waals surface area (Å²) in [6.07, 6.45) is 5.24. The van der Waals surface area contributed by atoms with E-state index in [1.165, 1.54) is 4.88 Å². The second kappa shape index (κ2) is 7.07. The first-order valence-corrected chi connectivity index (χ1v) is 6.97. The number of terminal acetylenes is 1. The van der Waals surface area contributed by atoms with Gasteiger partial charge in [-0.1, -0.05) is 25.8 Å². The summed E-state index contributed by atoms with van der Waals surface area (Å²) in [5.41, 5.74) is 0.0483. The highest BCUT2D eigenvalue weighted by Crippen LogP contribution is 2.27. The molecular formula is C14H21N3S. The van der Waals surface area contributed by atoms with Gasteiger partial charge in [-0.05, 0) is 18.4 Å². The predicted molar refractivity (Wildman–Crippen MR) is 80.2 cm³/mol. The number of hydrogen-bond donors (Lipinski definition) is 2. The summed E-state index contributed by atoms with van der Waals surface area (Å²) in [4.78, 5) is 5.93. The van der Waals surface area contributed by atoms with Gasteiger partial charge in [-0.15, -0.1) is 17.8 Å². The van der Waals surface area contributed by atoms with E-state index in [9.17, 15) is 0 Å². The summed E-state index contributed by atoms with van der Waals surface area (Å²) in [6, 6.07) is 4.23. The van der Waals surface area contributed by atoms with Gasteiger partial charge in [-0.25, -0.2) is 0 Å². The number of thiophene rings is 1. The van der Waals surface area contributed by atoms with Gasteiger partial charge in [0.05, 0.1) is 13.1 Å². The Morgan fingerprint density at radius 3 is 2.83 bits per heavy atom. The molecule has 0 aliphatic heterocycles. The molecule has 4 heteroatoms. The van der Waals surface area contributed by atoms with Crippen molar-refractivity contribution in [1.29, 1.82) is 0 Å². The molecule has 3 nitrogen and oxygen atoms in total. The van der Waals surface area contributed by atoms with Crippen LogP contribution in [0.4, 0.5) is 0 Å². The molecule has 0 saturated heterocycles. The van der Waals surface area contributed by atoms with Crippen LogP contribution in [0.15, 0.2) is 22.5 Å². The molecule has 0 saturated carbocycles. The van der Waals surface area contributed by atoms with Crippen molar-refractivity contribution < 1.29 is 0 Å². The van der Waals surface area contributed by atoms with Crippen molar-refractivity contribution in [3.05, 3.63) is 22.4 Å². The number of aliphatic imine (C=N–C) groups is 1. The van der Waals surface area contributed by atoms with E-state index in [2.05, 4.69) is 52.9 Å². The Morgan fingerprint density at radius 1 is 1.50 bits per heavy atom. The minimum Gasteiger partial charge on any atom is -0.357 e. The first kappa shape index (κ1) is 14.6. The summed E-state index contributed by atoms with van der Waals surface area (Å²) in [7, 11) is 0. The highest BCUT2D eigenvalue weighted by molar-refractivity contribution is 7.10. The molecule has 1 rings (SSSR count). The summed E-state index contributed by atoms with van der Waals surface area (Å²) >= 11 is 1.77. The van der Waals surface area contributed by atoms with E-state index in [0.29, 0.717) is 6.54 Å².